The van der Waals surface area contributed by atoms with Crippen LogP contribution in [-0.2, 0) is 14.4 Å². The van der Waals surface area contributed by atoms with Gasteiger partial charge in [0, 0.05) is 39.4 Å². The van der Waals surface area contributed by atoms with Gasteiger partial charge in [0.05, 0.1) is 37.5 Å². The van der Waals surface area contributed by atoms with Crippen LogP contribution in [0, 0.1) is 39.7 Å². The Kier molecular flexibility index (Phi) is 7.62. The molecule has 15 heteroatoms. The third-order valence-corrected chi connectivity index (χ3v) is 13.2. The van der Waals surface area contributed by atoms with Crippen molar-refractivity contribution in [2.45, 2.75) is 22.6 Å². The number of nitrogens with zero attached hydrogens (tertiary/aromatic N) is 2. The summed E-state index contributed by atoms with van der Waals surface area (Å²) in [7, 11) is 0. The molecule has 3 fully saturated rings. The van der Waals surface area contributed by atoms with E-state index in [0.717, 1.165) is 26.8 Å². The van der Waals surface area contributed by atoms with E-state index in [4.69, 9.17) is 27.9 Å². The molecule has 4 aliphatic rings. The molecule has 4 unspecified atom stereocenters. The van der Waals surface area contributed by atoms with E-state index in [-0.39, 0.29) is 57.9 Å². The molecule has 1 saturated heterocycles. The fraction of sp³-hybridized carbons (Fsp3) is 0.273. The topological polar surface area (TPSA) is 152 Å². The van der Waals surface area contributed by atoms with Crippen LogP contribution in [0.4, 0.5) is 17.1 Å². The number of para-hydroxylation sites is 1. The normalized spacial score (nSPS) is 26.6. The number of hydrogen-bond acceptors (Lipinski definition) is 9. The van der Waals surface area contributed by atoms with Crippen molar-refractivity contribution < 1.29 is 24.0 Å². The van der Waals surface area contributed by atoms with Gasteiger partial charge in [0.15, 0.2) is 6.61 Å². The third-order valence-electron chi connectivity index (χ3n) is 9.86. The summed E-state index contributed by atoms with van der Waals surface area (Å²) in [5, 5.41) is 15.3. The SMILES string of the molecule is O=C(COc1ccccc1[C@H]1c2sc(=O)[nH]c2SC2C1[C@H]1C[C@@H]2C2C(=O)N(c3ccc([N+](=O)[O-])cc3)C(=O)C21)Nc1ccc(Cl)c(Cl)c1. The van der Waals surface area contributed by atoms with E-state index in [0.29, 0.717) is 33.6 Å². The van der Waals surface area contributed by atoms with Crippen molar-refractivity contribution in [1.29, 1.82) is 0 Å². The molecule has 2 saturated carbocycles. The Morgan fingerprint density at radius 3 is 2.46 bits per heavy atom. The zero-order valence-electron chi connectivity index (χ0n) is 24.6. The van der Waals surface area contributed by atoms with Crippen LogP contribution in [0.3, 0.4) is 0 Å². The second-order valence-electron chi connectivity index (χ2n) is 12.2. The van der Waals surface area contributed by atoms with E-state index in [1.807, 2.05) is 18.2 Å². The van der Waals surface area contributed by atoms with Crippen LogP contribution < -0.4 is 19.8 Å². The number of rotatable bonds is 7. The number of aromatic amines is 1. The number of carbonyl (C=O) groups excluding carboxylic acids is 3. The van der Waals surface area contributed by atoms with Gasteiger partial charge < -0.3 is 15.0 Å². The number of ether oxygens (including phenoxy) is 1. The molecule has 1 aromatic heterocycles. The number of imide groups is 1. The van der Waals surface area contributed by atoms with Crippen LogP contribution >= 0.6 is 46.3 Å². The number of aromatic nitrogens is 1. The maximum atomic E-state index is 14.0. The number of nitro groups is 1. The zero-order valence-corrected chi connectivity index (χ0v) is 27.8. The number of H-pyrrole nitrogens is 1. The van der Waals surface area contributed by atoms with Crippen molar-refractivity contribution in [3.63, 3.8) is 0 Å². The summed E-state index contributed by atoms with van der Waals surface area (Å²) in [6.07, 6.45) is 0.688. The number of amides is 3. The monoisotopic (exact) mass is 722 g/mol. The summed E-state index contributed by atoms with van der Waals surface area (Å²) in [5.74, 6) is -2.27. The zero-order chi connectivity index (χ0) is 33.4. The molecular weight excluding hydrogens is 699 g/mol. The van der Waals surface area contributed by atoms with Crippen LogP contribution in [0.25, 0.3) is 0 Å². The predicted molar refractivity (Wildman–Crippen MR) is 181 cm³/mol. The van der Waals surface area contributed by atoms with Gasteiger partial charge in [0.25, 0.3) is 11.6 Å². The molecule has 244 valence electrons. The highest BCUT2D eigenvalue weighted by Crippen LogP contribution is 2.69. The number of nitro benzene ring substituents is 1. The summed E-state index contributed by atoms with van der Waals surface area (Å²) in [4.78, 5) is 69.0. The lowest BCUT2D eigenvalue weighted by Gasteiger charge is -2.43. The Bertz CT molecular complexity index is 2090. The largest absolute Gasteiger partial charge is 0.483 e. The molecule has 48 heavy (non-hydrogen) atoms. The molecule has 4 aromatic rings. The molecule has 0 radical (unpaired) electrons. The van der Waals surface area contributed by atoms with E-state index in [2.05, 4.69) is 10.3 Å². The van der Waals surface area contributed by atoms with Crippen LogP contribution in [-0.4, -0.2) is 39.5 Å². The van der Waals surface area contributed by atoms with E-state index in [9.17, 15) is 29.3 Å². The second kappa shape index (κ2) is 11.8. The molecule has 2 aliphatic carbocycles. The first-order valence-corrected chi connectivity index (χ1v) is 17.5. The maximum Gasteiger partial charge on any atom is 0.305 e. The highest BCUT2D eigenvalue weighted by Gasteiger charge is 2.69. The fourth-order valence-corrected chi connectivity index (χ4v) is 11.3. The number of anilines is 2. The minimum absolute atomic E-state index is 0.0569. The van der Waals surface area contributed by atoms with Crippen LogP contribution in [0.1, 0.15) is 22.8 Å². The van der Waals surface area contributed by atoms with Crippen molar-refractivity contribution in [3.8, 4) is 5.75 Å². The maximum absolute atomic E-state index is 14.0. The molecule has 7 atom stereocenters. The van der Waals surface area contributed by atoms with Gasteiger partial charge >= 0.3 is 4.87 Å². The molecule has 8 rings (SSSR count). The van der Waals surface area contributed by atoms with Crippen molar-refractivity contribution >= 4 is 81.1 Å². The Balaban J connectivity index is 1.10. The molecule has 2 N–H and O–H groups in total. The molecule has 11 nitrogen and oxygen atoms in total. The van der Waals surface area contributed by atoms with Crippen LogP contribution in [0.2, 0.25) is 10.0 Å². The van der Waals surface area contributed by atoms with Crippen LogP contribution in [0.5, 0.6) is 5.75 Å². The quantitative estimate of drug-likeness (QED) is 0.127. The van der Waals surface area contributed by atoms with Gasteiger partial charge in [0.1, 0.15) is 5.75 Å². The highest BCUT2D eigenvalue weighted by molar-refractivity contribution is 8.00. The van der Waals surface area contributed by atoms with Gasteiger partial charge in [-0.15, -0.1) is 11.8 Å². The minimum atomic E-state index is -0.552. The number of nitrogens with one attached hydrogen (secondary N) is 2. The summed E-state index contributed by atoms with van der Waals surface area (Å²) in [5.41, 5.74) is 1.45. The third kappa shape index (κ3) is 4.94. The van der Waals surface area contributed by atoms with Crippen molar-refractivity contribution in [3.05, 3.63) is 107 Å². The molecule has 0 spiro atoms. The van der Waals surface area contributed by atoms with Gasteiger partial charge in [-0.1, -0.05) is 52.7 Å². The van der Waals surface area contributed by atoms with Gasteiger partial charge in [-0.25, -0.2) is 0 Å². The van der Waals surface area contributed by atoms with Gasteiger partial charge in [-0.05, 0) is 60.6 Å². The Labute approximate surface area is 290 Å². The first-order chi connectivity index (χ1) is 23.1. The fourth-order valence-electron chi connectivity index (χ4n) is 8.13. The van der Waals surface area contributed by atoms with Gasteiger partial charge in [-0.2, -0.15) is 0 Å². The van der Waals surface area contributed by atoms with E-state index in [1.54, 1.807) is 36.0 Å². The molecule has 2 bridgehead atoms. The Morgan fingerprint density at radius 1 is 1.00 bits per heavy atom. The number of thiazole rings is 1. The van der Waals surface area contributed by atoms with Crippen molar-refractivity contribution in [2.75, 3.05) is 16.8 Å². The number of carbonyl (C=O) groups is 3. The minimum Gasteiger partial charge on any atom is -0.483 e. The molecule has 3 heterocycles. The van der Waals surface area contributed by atoms with Gasteiger partial charge in [-0.3, -0.25) is 34.2 Å². The van der Waals surface area contributed by atoms with Crippen LogP contribution in [0.15, 0.2) is 76.6 Å². The lowest BCUT2D eigenvalue weighted by Crippen LogP contribution is -2.42. The molecule has 3 aromatic carbocycles. The predicted octanol–water partition coefficient (Wildman–Crippen LogP) is 6.35. The number of hydrogen-bond donors (Lipinski definition) is 2. The average Bonchev–Trinajstić information content (AvgIpc) is 3.81. The summed E-state index contributed by atoms with van der Waals surface area (Å²) < 4.78 is 6.12. The van der Waals surface area contributed by atoms with E-state index < -0.39 is 22.7 Å². The molecule has 3 amide bonds. The number of fused-ring (bicyclic) bond motifs is 9. The van der Waals surface area contributed by atoms with Crippen molar-refractivity contribution in [1.82, 2.24) is 4.98 Å². The number of non-ortho nitro benzene ring substituents is 1. The standard InChI is InChI=1S/C33H24Cl2N4O7S2/c34-20-10-5-14(11-21(20)35)36-23(40)13-46-22-4-2-1-3-17(22)24-25-18-12-19(28(25)47-30-29(24)48-33(43)37-30)27-26(18)31(41)38(32(27)42)15-6-8-16(9-7-15)39(44)45/h1-11,18-19,24-28H,12-13H2,(H,36,40)(H,37,43)/t18-,19-,24-,25?,26?,27?,28?/m1/s1. The molecule has 2 aliphatic heterocycles. The lowest BCUT2D eigenvalue weighted by molar-refractivity contribution is -0.384. The summed E-state index contributed by atoms with van der Waals surface area (Å²) in [6, 6.07) is 17.6. The number of benzene rings is 3. The van der Waals surface area contributed by atoms with Crippen molar-refractivity contribution in [2.24, 2.45) is 29.6 Å². The first kappa shape index (κ1) is 31.1. The average molecular weight is 724 g/mol. The second-order valence-corrected chi connectivity index (χ2v) is 15.3. The Morgan fingerprint density at radius 2 is 1.73 bits per heavy atom. The van der Waals surface area contributed by atoms with E-state index >= 15 is 0 Å². The Hall–Kier alpha value is -4.17. The number of thioether (sulfide) groups is 1. The number of halogens is 2. The van der Waals surface area contributed by atoms with E-state index in [1.165, 1.54) is 29.2 Å². The summed E-state index contributed by atoms with van der Waals surface area (Å²) >= 11 is 14.8. The smallest absolute Gasteiger partial charge is 0.305 e. The lowest BCUT2D eigenvalue weighted by atomic mass is 9.68. The van der Waals surface area contributed by atoms with Gasteiger partial charge in [0.2, 0.25) is 11.8 Å². The molecular formula is C33H24Cl2N4O7S2. The first-order valence-electron chi connectivity index (χ1n) is 15.1. The highest BCUT2D eigenvalue weighted by atomic mass is 35.5. The summed E-state index contributed by atoms with van der Waals surface area (Å²) in [6.45, 7) is -0.295.